The van der Waals surface area contributed by atoms with Gasteiger partial charge in [0, 0.05) is 10.4 Å². The normalized spacial score (nSPS) is 10.5. The molecule has 0 aliphatic rings. The van der Waals surface area contributed by atoms with E-state index in [9.17, 15) is 9.59 Å². The summed E-state index contributed by atoms with van der Waals surface area (Å²) in [6.45, 7) is 7.68. The molecule has 0 unspecified atom stereocenters. The molecule has 2 aromatic rings. The highest BCUT2D eigenvalue weighted by Gasteiger charge is 2.19. The number of primary amides is 1. The molecule has 0 atom stereocenters. The predicted molar refractivity (Wildman–Crippen MR) is 86.2 cm³/mol. The summed E-state index contributed by atoms with van der Waals surface area (Å²) in [4.78, 5) is 24.8. The maximum atomic E-state index is 12.3. The minimum atomic E-state index is -0.521. The summed E-state index contributed by atoms with van der Waals surface area (Å²) >= 11 is 1.37. The number of carbonyl (C=O) groups is 2. The van der Waals surface area contributed by atoms with E-state index in [0.29, 0.717) is 16.1 Å². The van der Waals surface area contributed by atoms with Crippen molar-refractivity contribution >= 4 is 28.2 Å². The third-order valence-electron chi connectivity index (χ3n) is 3.63. The molecular formula is C16H18N2O2S. The van der Waals surface area contributed by atoms with Crippen molar-refractivity contribution in [1.29, 1.82) is 0 Å². The van der Waals surface area contributed by atoms with Gasteiger partial charge in [0.25, 0.3) is 11.8 Å². The summed E-state index contributed by atoms with van der Waals surface area (Å²) in [5.41, 5.74) is 9.37. The van der Waals surface area contributed by atoms with Crippen LogP contribution in [0.4, 0.5) is 5.00 Å². The van der Waals surface area contributed by atoms with E-state index in [0.717, 1.165) is 21.6 Å². The lowest BCUT2D eigenvalue weighted by atomic mass is 10.1. The Morgan fingerprint density at radius 1 is 1.10 bits per heavy atom. The van der Waals surface area contributed by atoms with Gasteiger partial charge in [-0.05, 0) is 56.5 Å². The lowest BCUT2D eigenvalue weighted by Gasteiger charge is -2.07. The smallest absolute Gasteiger partial charge is 0.256 e. The van der Waals surface area contributed by atoms with Gasteiger partial charge >= 0.3 is 0 Å². The molecule has 110 valence electrons. The van der Waals surface area contributed by atoms with Crippen LogP contribution in [0.15, 0.2) is 18.2 Å². The largest absolute Gasteiger partial charge is 0.365 e. The number of anilines is 1. The van der Waals surface area contributed by atoms with Gasteiger partial charge in [-0.15, -0.1) is 11.3 Å². The summed E-state index contributed by atoms with van der Waals surface area (Å²) in [6.07, 6.45) is 0. The van der Waals surface area contributed by atoms with E-state index >= 15 is 0 Å². The van der Waals surface area contributed by atoms with Crippen molar-refractivity contribution in [2.24, 2.45) is 5.73 Å². The average molecular weight is 302 g/mol. The van der Waals surface area contributed by atoms with Crippen LogP contribution in [0.1, 0.15) is 42.3 Å². The zero-order valence-electron chi connectivity index (χ0n) is 12.5. The van der Waals surface area contributed by atoms with Crippen LogP contribution in [0.5, 0.6) is 0 Å². The van der Waals surface area contributed by atoms with Crippen molar-refractivity contribution in [2.75, 3.05) is 5.32 Å². The number of thiophene rings is 1. The number of rotatable bonds is 3. The Kier molecular flexibility index (Phi) is 4.14. The molecule has 0 saturated heterocycles. The second kappa shape index (κ2) is 5.69. The number of carbonyl (C=O) groups excluding carboxylic acids is 2. The average Bonchev–Trinajstić information content (AvgIpc) is 2.68. The van der Waals surface area contributed by atoms with Crippen molar-refractivity contribution < 1.29 is 9.59 Å². The maximum Gasteiger partial charge on any atom is 0.256 e. The van der Waals surface area contributed by atoms with Crippen LogP contribution in [0.2, 0.25) is 0 Å². The summed E-state index contributed by atoms with van der Waals surface area (Å²) in [5.74, 6) is -0.755. The first-order valence-corrected chi connectivity index (χ1v) is 7.41. The van der Waals surface area contributed by atoms with Crippen molar-refractivity contribution in [3.05, 3.63) is 50.9 Å². The van der Waals surface area contributed by atoms with Crippen LogP contribution in [0.25, 0.3) is 0 Å². The van der Waals surface area contributed by atoms with Crippen LogP contribution in [0.3, 0.4) is 0 Å². The summed E-state index contributed by atoms with van der Waals surface area (Å²) in [7, 11) is 0. The Hall–Kier alpha value is -2.14. The second-order valence-corrected chi connectivity index (χ2v) is 6.33. The molecule has 0 spiro atoms. The van der Waals surface area contributed by atoms with Gasteiger partial charge in [0.2, 0.25) is 0 Å². The van der Waals surface area contributed by atoms with E-state index in [1.807, 2.05) is 39.8 Å². The molecule has 2 amide bonds. The zero-order valence-corrected chi connectivity index (χ0v) is 13.4. The molecule has 21 heavy (non-hydrogen) atoms. The lowest BCUT2D eigenvalue weighted by molar-refractivity contribution is 0.100. The Balaban J connectivity index is 2.33. The fraction of sp³-hybridized carbons (Fsp3) is 0.250. The van der Waals surface area contributed by atoms with Crippen LogP contribution in [-0.2, 0) is 0 Å². The van der Waals surface area contributed by atoms with E-state index < -0.39 is 5.91 Å². The fourth-order valence-electron chi connectivity index (χ4n) is 2.07. The van der Waals surface area contributed by atoms with E-state index in [1.54, 1.807) is 6.07 Å². The Labute approximate surface area is 128 Å². The molecular weight excluding hydrogens is 284 g/mol. The summed E-state index contributed by atoms with van der Waals surface area (Å²) < 4.78 is 0. The molecule has 0 fully saturated rings. The highest BCUT2D eigenvalue weighted by Crippen LogP contribution is 2.32. The number of hydrogen-bond acceptors (Lipinski definition) is 3. The molecule has 0 aliphatic carbocycles. The number of amides is 2. The zero-order chi connectivity index (χ0) is 15.7. The van der Waals surface area contributed by atoms with Gasteiger partial charge in [-0.25, -0.2) is 0 Å². The van der Waals surface area contributed by atoms with Gasteiger partial charge in [-0.1, -0.05) is 6.07 Å². The maximum absolute atomic E-state index is 12.3. The van der Waals surface area contributed by atoms with Gasteiger partial charge in [-0.2, -0.15) is 0 Å². The van der Waals surface area contributed by atoms with Crippen molar-refractivity contribution in [1.82, 2.24) is 0 Å². The van der Waals surface area contributed by atoms with Crippen molar-refractivity contribution in [2.45, 2.75) is 27.7 Å². The van der Waals surface area contributed by atoms with Gasteiger partial charge < -0.3 is 11.1 Å². The highest BCUT2D eigenvalue weighted by atomic mass is 32.1. The SMILES string of the molecule is Cc1ccc(C(=O)Nc2sc(C)c(C)c2C(N)=O)cc1C. The van der Waals surface area contributed by atoms with Gasteiger partial charge in [0.1, 0.15) is 5.00 Å². The number of benzene rings is 1. The lowest BCUT2D eigenvalue weighted by Crippen LogP contribution is -2.17. The number of nitrogens with one attached hydrogen (secondary N) is 1. The molecule has 2 rings (SSSR count). The first-order chi connectivity index (χ1) is 9.81. The number of aryl methyl sites for hydroxylation is 3. The molecule has 0 bridgehead atoms. The molecule has 1 heterocycles. The van der Waals surface area contributed by atoms with Crippen LogP contribution < -0.4 is 11.1 Å². The predicted octanol–water partition coefficient (Wildman–Crippen LogP) is 3.33. The van der Waals surface area contributed by atoms with E-state index in [4.69, 9.17) is 5.73 Å². The standard InChI is InChI=1S/C16H18N2O2S/c1-8-5-6-12(7-9(8)2)15(20)18-16-13(14(17)19)10(3)11(4)21-16/h5-7H,1-4H3,(H2,17,19)(H,18,20). The quantitative estimate of drug-likeness (QED) is 0.912. The van der Waals surface area contributed by atoms with Crippen LogP contribution >= 0.6 is 11.3 Å². The van der Waals surface area contributed by atoms with Crippen molar-refractivity contribution in [3.8, 4) is 0 Å². The first kappa shape index (κ1) is 15.3. The topological polar surface area (TPSA) is 72.2 Å². The van der Waals surface area contributed by atoms with Crippen molar-refractivity contribution in [3.63, 3.8) is 0 Å². The molecule has 1 aromatic carbocycles. The summed E-state index contributed by atoms with van der Waals surface area (Å²) in [5, 5.41) is 3.31. The van der Waals surface area contributed by atoms with Crippen LogP contribution in [-0.4, -0.2) is 11.8 Å². The third kappa shape index (κ3) is 2.97. The molecule has 3 N–H and O–H groups in total. The summed E-state index contributed by atoms with van der Waals surface area (Å²) in [6, 6.07) is 5.51. The van der Waals surface area contributed by atoms with Gasteiger partial charge in [-0.3, -0.25) is 9.59 Å². The first-order valence-electron chi connectivity index (χ1n) is 6.59. The van der Waals surface area contributed by atoms with E-state index in [2.05, 4.69) is 5.32 Å². The number of nitrogens with two attached hydrogens (primary N) is 1. The van der Waals surface area contributed by atoms with E-state index in [1.165, 1.54) is 11.3 Å². The minimum Gasteiger partial charge on any atom is -0.365 e. The highest BCUT2D eigenvalue weighted by molar-refractivity contribution is 7.16. The Morgan fingerprint density at radius 2 is 1.76 bits per heavy atom. The molecule has 5 heteroatoms. The molecule has 0 aliphatic heterocycles. The number of hydrogen-bond donors (Lipinski definition) is 2. The molecule has 1 aromatic heterocycles. The molecule has 0 radical (unpaired) electrons. The monoisotopic (exact) mass is 302 g/mol. The Bertz CT molecular complexity index is 732. The minimum absolute atomic E-state index is 0.234. The third-order valence-corrected chi connectivity index (χ3v) is 4.75. The van der Waals surface area contributed by atoms with Gasteiger partial charge in [0.15, 0.2) is 0 Å². The second-order valence-electron chi connectivity index (χ2n) is 5.10. The molecule has 0 saturated carbocycles. The Morgan fingerprint density at radius 3 is 2.33 bits per heavy atom. The molecule has 4 nitrogen and oxygen atoms in total. The fourth-order valence-corrected chi connectivity index (χ4v) is 3.13. The van der Waals surface area contributed by atoms with Crippen LogP contribution in [0, 0.1) is 27.7 Å². The van der Waals surface area contributed by atoms with Gasteiger partial charge in [0.05, 0.1) is 5.56 Å². The van der Waals surface area contributed by atoms with E-state index in [-0.39, 0.29) is 5.91 Å².